The number of rotatable bonds is 7. The predicted octanol–water partition coefficient (Wildman–Crippen LogP) is 3.51. The van der Waals surface area contributed by atoms with Crippen molar-refractivity contribution in [1.29, 1.82) is 0 Å². The molecule has 10 nitrogen and oxygen atoms in total. The van der Waals surface area contributed by atoms with Gasteiger partial charge in [0.15, 0.2) is 0 Å². The lowest BCUT2D eigenvalue weighted by Gasteiger charge is -2.27. The van der Waals surface area contributed by atoms with E-state index >= 15 is 0 Å². The average molecular weight is 528 g/mol. The molecule has 0 spiro atoms. The van der Waals surface area contributed by atoms with Crippen LogP contribution in [0.2, 0.25) is 0 Å². The summed E-state index contributed by atoms with van der Waals surface area (Å²) in [6, 6.07) is 10.5. The van der Waals surface area contributed by atoms with E-state index in [0.29, 0.717) is 18.7 Å². The maximum absolute atomic E-state index is 13.0. The molecule has 1 fully saturated rings. The number of aryl methyl sites for hydroxylation is 1. The molecule has 1 aliphatic rings. The Hall–Kier alpha value is -3.28. The summed E-state index contributed by atoms with van der Waals surface area (Å²) in [5.41, 5.74) is 4.87. The first kappa shape index (κ1) is 26.8. The molecule has 0 saturated heterocycles. The van der Waals surface area contributed by atoms with Crippen LogP contribution in [0.25, 0.3) is 33.1 Å². The average Bonchev–Trinajstić information content (AvgIpc) is 3.05. The van der Waals surface area contributed by atoms with Gasteiger partial charge in [0, 0.05) is 42.8 Å². The SMILES string of the molecule is CN(C)CCCOc1ccc(-c2ccc3ncc4c(c3c2)n(C2CCC2)c(=O)n4C)cn1.CS(=O)(=O)O. The van der Waals surface area contributed by atoms with Crippen molar-refractivity contribution in [3.8, 4) is 17.0 Å². The van der Waals surface area contributed by atoms with Gasteiger partial charge in [-0.1, -0.05) is 6.07 Å². The van der Waals surface area contributed by atoms with E-state index in [-0.39, 0.29) is 11.7 Å². The molecular weight excluding hydrogens is 494 g/mol. The number of fused-ring (bicyclic) bond motifs is 3. The number of aromatic nitrogens is 4. The van der Waals surface area contributed by atoms with Gasteiger partial charge in [0.25, 0.3) is 10.1 Å². The summed E-state index contributed by atoms with van der Waals surface area (Å²) >= 11 is 0. The highest BCUT2D eigenvalue weighted by atomic mass is 32.2. The summed E-state index contributed by atoms with van der Waals surface area (Å²) in [5, 5.41) is 1.01. The van der Waals surface area contributed by atoms with Crippen LogP contribution in [0, 0.1) is 0 Å². The van der Waals surface area contributed by atoms with Crippen LogP contribution in [0.4, 0.5) is 0 Å². The monoisotopic (exact) mass is 527 g/mol. The Balaban J connectivity index is 0.000000586. The number of ether oxygens (including phenoxy) is 1. The largest absolute Gasteiger partial charge is 0.478 e. The summed E-state index contributed by atoms with van der Waals surface area (Å²) in [6.07, 6.45) is 8.64. The topological polar surface area (TPSA) is 120 Å². The van der Waals surface area contributed by atoms with Gasteiger partial charge in [-0.05, 0) is 63.5 Å². The van der Waals surface area contributed by atoms with Crippen LogP contribution in [0.1, 0.15) is 31.7 Å². The smallest absolute Gasteiger partial charge is 0.329 e. The highest BCUT2D eigenvalue weighted by Gasteiger charge is 2.26. The van der Waals surface area contributed by atoms with Crippen LogP contribution in [0.15, 0.2) is 47.5 Å². The van der Waals surface area contributed by atoms with Crippen LogP contribution < -0.4 is 10.4 Å². The van der Waals surface area contributed by atoms with E-state index in [1.807, 2.05) is 42.2 Å². The molecule has 0 bridgehead atoms. The van der Waals surface area contributed by atoms with Crippen molar-refractivity contribution >= 4 is 32.1 Å². The molecule has 1 aliphatic carbocycles. The van der Waals surface area contributed by atoms with Crippen LogP contribution in [0.3, 0.4) is 0 Å². The van der Waals surface area contributed by atoms with E-state index in [1.165, 1.54) is 6.42 Å². The summed E-state index contributed by atoms with van der Waals surface area (Å²) in [5.74, 6) is 0.638. The molecule has 0 amide bonds. The summed E-state index contributed by atoms with van der Waals surface area (Å²) in [4.78, 5) is 24.2. The van der Waals surface area contributed by atoms with Crippen molar-refractivity contribution in [2.24, 2.45) is 7.05 Å². The third-order valence-corrected chi connectivity index (χ3v) is 6.42. The van der Waals surface area contributed by atoms with Crippen LogP contribution in [-0.2, 0) is 17.2 Å². The Morgan fingerprint density at radius 3 is 2.41 bits per heavy atom. The van der Waals surface area contributed by atoms with E-state index < -0.39 is 10.1 Å². The molecule has 0 atom stereocenters. The Morgan fingerprint density at radius 2 is 1.81 bits per heavy atom. The maximum Gasteiger partial charge on any atom is 0.329 e. The standard InChI is InChI=1S/C25H29N5O2.CH4O3S/c1-28(2)12-5-13-32-23-11-9-18(15-27-23)17-8-10-21-20(14-17)24-22(16-26-21)29(3)25(31)30(24)19-6-4-7-19;1-5(2,3)4/h8-11,14-16,19H,4-7,12-13H2,1-3H3;1H3,(H,2,3,4). The maximum atomic E-state index is 13.0. The van der Waals surface area contributed by atoms with E-state index in [0.717, 1.165) is 58.9 Å². The van der Waals surface area contributed by atoms with Gasteiger partial charge in [0.2, 0.25) is 5.88 Å². The summed E-state index contributed by atoms with van der Waals surface area (Å²) in [6.45, 7) is 1.64. The Bertz CT molecular complexity index is 1550. The Morgan fingerprint density at radius 1 is 1.11 bits per heavy atom. The minimum atomic E-state index is -3.67. The predicted molar refractivity (Wildman–Crippen MR) is 145 cm³/mol. The second-order valence-corrected chi connectivity index (χ2v) is 11.1. The van der Waals surface area contributed by atoms with E-state index in [4.69, 9.17) is 9.29 Å². The first-order valence-corrected chi connectivity index (χ1v) is 14.0. The lowest BCUT2D eigenvalue weighted by atomic mass is 9.92. The molecule has 5 rings (SSSR count). The zero-order chi connectivity index (χ0) is 26.7. The highest BCUT2D eigenvalue weighted by Crippen LogP contribution is 2.36. The van der Waals surface area contributed by atoms with Crippen molar-refractivity contribution in [2.75, 3.05) is 33.5 Å². The van der Waals surface area contributed by atoms with Crippen molar-refractivity contribution in [2.45, 2.75) is 31.7 Å². The molecule has 198 valence electrons. The first-order chi connectivity index (χ1) is 17.5. The van der Waals surface area contributed by atoms with Gasteiger partial charge in [-0.15, -0.1) is 0 Å². The number of benzene rings is 1. The van der Waals surface area contributed by atoms with Crippen LogP contribution in [0.5, 0.6) is 5.88 Å². The van der Waals surface area contributed by atoms with Gasteiger partial charge in [-0.3, -0.25) is 18.7 Å². The molecule has 0 radical (unpaired) electrons. The second kappa shape index (κ2) is 11.0. The third-order valence-electron chi connectivity index (χ3n) is 6.42. The third kappa shape index (κ3) is 6.35. The fourth-order valence-corrected chi connectivity index (χ4v) is 4.38. The van der Waals surface area contributed by atoms with E-state index in [1.54, 1.807) is 4.57 Å². The molecule has 1 aromatic carbocycles. The zero-order valence-corrected chi connectivity index (χ0v) is 22.4. The minimum absolute atomic E-state index is 0.0434. The molecule has 1 N–H and O–H groups in total. The molecule has 0 aliphatic heterocycles. The Kier molecular flexibility index (Phi) is 7.96. The van der Waals surface area contributed by atoms with Gasteiger partial charge in [-0.25, -0.2) is 9.78 Å². The molecule has 0 unspecified atom stereocenters. The minimum Gasteiger partial charge on any atom is -0.478 e. The lowest BCUT2D eigenvalue weighted by Crippen LogP contribution is -2.29. The Labute approximate surface area is 216 Å². The van der Waals surface area contributed by atoms with Crippen molar-refractivity contribution < 1.29 is 17.7 Å². The molecular formula is C26H33N5O5S. The molecule has 11 heteroatoms. The first-order valence-electron chi connectivity index (χ1n) is 12.2. The van der Waals surface area contributed by atoms with Crippen LogP contribution in [-0.4, -0.2) is 70.5 Å². The van der Waals surface area contributed by atoms with Crippen molar-refractivity contribution in [3.63, 3.8) is 0 Å². The zero-order valence-electron chi connectivity index (χ0n) is 21.6. The number of hydrogen-bond acceptors (Lipinski definition) is 7. The summed E-state index contributed by atoms with van der Waals surface area (Å²) < 4.78 is 35.3. The van der Waals surface area contributed by atoms with Gasteiger partial charge in [0.1, 0.15) is 0 Å². The van der Waals surface area contributed by atoms with Gasteiger partial charge < -0.3 is 9.64 Å². The second-order valence-electron chi connectivity index (χ2n) is 9.64. The van der Waals surface area contributed by atoms with E-state index in [9.17, 15) is 13.2 Å². The number of pyridine rings is 2. The molecule has 1 saturated carbocycles. The van der Waals surface area contributed by atoms with Gasteiger partial charge >= 0.3 is 5.69 Å². The number of hydrogen-bond donors (Lipinski definition) is 1. The quantitative estimate of drug-likeness (QED) is 0.286. The molecule has 37 heavy (non-hydrogen) atoms. The van der Waals surface area contributed by atoms with Gasteiger partial charge in [0.05, 0.1) is 35.6 Å². The highest BCUT2D eigenvalue weighted by molar-refractivity contribution is 7.85. The van der Waals surface area contributed by atoms with Gasteiger partial charge in [-0.2, -0.15) is 8.42 Å². The number of imidazole rings is 1. The van der Waals surface area contributed by atoms with Crippen molar-refractivity contribution in [1.82, 2.24) is 24.0 Å². The molecule has 3 heterocycles. The molecule has 3 aromatic heterocycles. The van der Waals surface area contributed by atoms with Crippen molar-refractivity contribution in [3.05, 3.63) is 53.2 Å². The molecule has 4 aromatic rings. The normalized spacial score (nSPS) is 14.0. The van der Waals surface area contributed by atoms with E-state index in [2.05, 4.69) is 41.1 Å². The fourth-order valence-electron chi connectivity index (χ4n) is 4.38. The summed E-state index contributed by atoms with van der Waals surface area (Å²) in [7, 11) is 2.28. The number of nitrogens with zero attached hydrogens (tertiary/aromatic N) is 5. The van der Waals surface area contributed by atoms with Crippen LogP contribution >= 0.6 is 0 Å². The lowest BCUT2D eigenvalue weighted by molar-refractivity contribution is 0.273. The fraction of sp³-hybridized carbons (Fsp3) is 0.423.